The third-order valence-corrected chi connectivity index (χ3v) is 5.00. The van der Waals surface area contributed by atoms with Crippen molar-refractivity contribution in [3.63, 3.8) is 0 Å². The van der Waals surface area contributed by atoms with Crippen LogP contribution in [0.2, 0.25) is 0 Å². The van der Waals surface area contributed by atoms with E-state index < -0.39 is 6.10 Å². The SMILES string of the molecule is CN1CCN(Cc2cccc(NC(=O)C3COc4ccccc4O3)c2)CC1. The summed E-state index contributed by atoms with van der Waals surface area (Å²) >= 11 is 0. The second-order valence-electron chi connectivity index (χ2n) is 7.13. The largest absolute Gasteiger partial charge is 0.485 e. The summed E-state index contributed by atoms with van der Waals surface area (Å²) in [5.41, 5.74) is 1.98. The standard InChI is InChI=1S/C21H25N3O3/c1-23-9-11-24(12-10-23)14-16-5-4-6-17(13-16)22-21(25)20-15-26-18-7-2-3-8-19(18)27-20/h2-8,13,20H,9-12,14-15H2,1H3,(H,22,25). The lowest BCUT2D eigenvalue weighted by Crippen LogP contribution is -2.43. The normalized spacial score (nSPS) is 20.3. The zero-order valence-corrected chi connectivity index (χ0v) is 15.6. The molecular weight excluding hydrogens is 342 g/mol. The summed E-state index contributed by atoms with van der Waals surface area (Å²) in [6.45, 7) is 5.44. The molecule has 1 N–H and O–H groups in total. The Labute approximate surface area is 159 Å². The van der Waals surface area contributed by atoms with Crippen molar-refractivity contribution in [1.29, 1.82) is 0 Å². The second-order valence-corrected chi connectivity index (χ2v) is 7.13. The van der Waals surface area contributed by atoms with Crippen molar-refractivity contribution < 1.29 is 14.3 Å². The lowest BCUT2D eigenvalue weighted by Gasteiger charge is -2.32. The van der Waals surface area contributed by atoms with E-state index in [1.165, 1.54) is 5.56 Å². The van der Waals surface area contributed by atoms with Gasteiger partial charge in [-0.05, 0) is 36.9 Å². The maximum absolute atomic E-state index is 12.6. The number of carbonyl (C=O) groups is 1. The summed E-state index contributed by atoms with van der Waals surface area (Å²) in [4.78, 5) is 17.4. The molecule has 0 aliphatic carbocycles. The van der Waals surface area contributed by atoms with Crippen LogP contribution in [0.5, 0.6) is 11.5 Å². The van der Waals surface area contributed by atoms with Crippen molar-refractivity contribution in [3.8, 4) is 11.5 Å². The number of nitrogens with one attached hydrogen (secondary N) is 1. The zero-order valence-electron chi connectivity index (χ0n) is 15.6. The topological polar surface area (TPSA) is 54.0 Å². The number of likely N-dealkylation sites (N-methyl/N-ethyl adjacent to an activating group) is 1. The number of hydrogen-bond donors (Lipinski definition) is 1. The Morgan fingerprint density at radius 1 is 1.07 bits per heavy atom. The highest BCUT2D eigenvalue weighted by Gasteiger charge is 2.27. The first kappa shape index (κ1) is 17.8. The molecule has 0 radical (unpaired) electrons. The molecule has 2 heterocycles. The van der Waals surface area contributed by atoms with Gasteiger partial charge in [-0.1, -0.05) is 24.3 Å². The predicted octanol–water partition coefficient (Wildman–Crippen LogP) is 2.21. The van der Waals surface area contributed by atoms with E-state index in [4.69, 9.17) is 9.47 Å². The molecule has 0 spiro atoms. The van der Waals surface area contributed by atoms with Crippen LogP contribution in [0, 0.1) is 0 Å². The second kappa shape index (κ2) is 7.98. The first-order valence-corrected chi connectivity index (χ1v) is 9.36. The Morgan fingerprint density at radius 2 is 1.85 bits per heavy atom. The fourth-order valence-electron chi connectivity index (χ4n) is 3.38. The molecule has 2 aliphatic rings. The Bertz CT molecular complexity index is 803. The van der Waals surface area contributed by atoms with Crippen LogP contribution in [0.3, 0.4) is 0 Å². The van der Waals surface area contributed by atoms with Gasteiger partial charge in [0.1, 0.15) is 6.61 Å². The van der Waals surface area contributed by atoms with Crippen LogP contribution >= 0.6 is 0 Å². The van der Waals surface area contributed by atoms with Gasteiger partial charge in [0.15, 0.2) is 11.5 Å². The molecule has 0 saturated carbocycles. The number of amides is 1. The van der Waals surface area contributed by atoms with E-state index in [-0.39, 0.29) is 12.5 Å². The molecule has 0 aromatic heterocycles. The number of nitrogens with zero attached hydrogens (tertiary/aromatic N) is 2. The van der Waals surface area contributed by atoms with Gasteiger partial charge in [-0.2, -0.15) is 0 Å². The van der Waals surface area contributed by atoms with E-state index in [9.17, 15) is 4.79 Å². The molecule has 0 bridgehead atoms. The number of rotatable bonds is 4. The van der Waals surface area contributed by atoms with Crippen molar-refractivity contribution in [1.82, 2.24) is 9.80 Å². The number of benzene rings is 2. The molecule has 1 atom stereocenters. The van der Waals surface area contributed by atoms with E-state index in [0.29, 0.717) is 11.5 Å². The van der Waals surface area contributed by atoms with Gasteiger partial charge in [0.2, 0.25) is 6.10 Å². The number of anilines is 1. The van der Waals surface area contributed by atoms with Crippen molar-refractivity contribution >= 4 is 11.6 Å². The van der Waals surface area contributed by atoms with Crippen molar-refractivity contribution in [2.75, 3.05) is 45.2 Å². The Morgan fingerprint density at radius 3 is 2.67 bits per heavy atom. The average molecular weight is 367 g/mol. The van der Waals surface area contributed by atoms with E-state index in [1.807, 2.05) is 42.5 Å². The number of carbonyl (C=O) groups excluding carboxylic acids is 1. The molecule has 27 heavy (non-hydrogen) atoms. The summed E-state index contributed by atoms with van der Waals surface area (Å²) in [6, 6.07) is 15.4. The first-order valence-electron chi connectivity index (χ1n) is 9.36. The van der Waals surface area contributed by atoms with E-state index in [0.717, 1.165) is 38.4 Å². The van der Waals surface area contributed by atoms with Crippen LogP contribution in [-0.4, -0.2) is 61.6 Å². The van der Waals surface area contributed by atoms with Crippen LogP contribution in [0.1, 0.15) is 5.56 Å². The summed E-state index contributed by atoms with van der Waals surface area (Å²) in [5.74, 6) is 1.09. The van der Waals surface area contributed by atoms with Gasteiger partial charge >= 0.3 is 0 Å². The molecule has 1 saturated heterocycles. The van der Waals surface area contributed by atoms with E-state index in [1.54, 1.807) is 0 Å². The van der Waals surface area contributed by atoms with Gasteiger partial charge in [-0.3, -0.25) is 9.69 Å². The fourth-order valence-corrected chi connectivity index (χ4v) is 3.38. The Balaban J connectivity index is 1.36. The Kier molecular flexibility index (Phi) is 5.27. The van der Waals surface area contributed by atoms with Crippen LogP contribution in [0.25, 0.3) is 0 Å². The number of ether oxygens (including phenoxy) is 2. The molecule has 1 unspecified atom stereocenters. The van der Waals surface area contributed by atoms with Crippen LogP contribution in [-0.2, 0) is 11.3 Å². The van der Waals surface area contributed by atoms with Gasteiger partial charge in [-0.25, -0.2) is 0 Å². The van der Waals surface area contributed by atoms with Crippen LogP contribution < -0.4 is 14.8 Å². The molecule has 6 heteroatoms. The van der Waals surface area contributed by atoms with Gasteiger partial charge in [0.25, 0.3) is 5.91 Å². The monoisotopic (exact) mass is 367 g/mol. The fraction of sp³-hybridized carbons (Fsp3) is 0.381. The molecule has 2 aromatic rings. The highest BCUT2D eigenvalue weighted by molar-refractivity contribution is 5.94. The van der Waals surface area contributed by atoms with Crippen molar-refractivity contribution in [3.05, 3.63) is 54.1 Å². The molecule has 4 rings (SSSR count). The molecule has 6 nitrogen and oxygen atoms in total. The number of fused-ring (bicyclic) bond motifs is 1. The van der Waals surface area contributed by atoms with Crippen molar-refractivity contribution in [2.24, 2.45) is 0 Å². The predicted molar refractivity (Wildman–Crippen MR) is 104 cm³/mol. The average Bonchev–Trinajstić information content (AvgIpc) is 2.69. The quantitative estimate of drug-likeness (QED) is 0.898. The number of piperazine rings is 1. The van der Waals surface area contributed by atoms with Gasteiger partial charge in [0, 0.05) is 38.4 Å². The lowest BCUT2D eigenvalue weighted by molar-refractivity contribution is -0.125. The highest BCUT2D eigenvalue weighted by atomic mass is 16.6. The molecule has 1 amide bonds. The third-order valence-electron chi connectivity index (χ3n) is 5.00. The number of para-hydroxylation sites is 2. The van der Waals surface area contributed by atoms with Crippen LogP contribution in [0.4, 0.5) is 5.69 Å². The zero-order chi connectivity index (χ0) is 18.6. The molecular formula is C21H25N3O3. The van der Waals surface area contributed by atoms with Crippen molar-refractivity contribution in [2.45, 2.75) is 12.6 Å². The highest BCUT2D eigenvalue weighted by Crippen LogP contribution is 2.31. The minimum Gasteiger partial charge on any atom is -0.485 e. The maximum atomic E-state index is 12.6. The van der Waals surface area contributed by atoms with E-state index >= 15 is 0 Å². The van der Waals surface area contributed by atoms with E-state index in [2.05, 4.69) is 28.2 Å². The third kappa shape index (κ3) is 4.40. The Hall–Kier alpha value is -2.57. The molecule has 2 aliphatic heterocycles. The molecule has 2 aromatic carbocycles. The minimum absolute atomic E-state index is 0.193. The first-order chi connectivity index (χ1) is 13.2. The molecule has 142 valence electrons. The number of hydrogen-bond acceptors (Lipinski definition) is 5. The minimum atomic E-state index is -0.652. The maximum Gasteiger partial charge on any atom is 0.269 e. The smallest absolute Gasteiger partial charge is 0.269 e. The van der Waals surface area contributed by atoms with Gasteiger partial charge < -0.3 is 19.7 Å². The summed E-state index contributed by atoms with van der Waals surface area (Å²) < 4.78 is 11.4. The van der Waals surface area contributed by atoms with Crippen LogP contribution in [0.15, 0.2) is 48.5 Å². The van der Waals surface area contributed by atoms with Gasteiger partial charge in [-0.15, -0.1) is 0 Å². The summed E-state index contributed by atoms with van der Waals surface area (Å²) in [7, 11) is 2.16. The summed E-state index contributed by atoms with van der Waals surface area (Å²) in [5, 5.41) is 2.96. The lowest BCUT2D eigenvalue weighted by atomic mass is 10.1. The summed E-state index contributed by atoms with van der Waals surface area (Å²) in [6.07, 6.45) is -0.652. The molecule has 1 fully saturated rings. The van der Waals surface area contributed by atoms with Gasteiger partial charge in [0.05, 0.1) is 0 Å².